The molecule has 0 saturated carbocycles. The van der Waals surface area contributed by atoms with Crippen molar-refractivity contribution < 1.29 is 9.53 Å². The number of benzene rings is 1. The molecule has 1 atom stereocenters. The quantitative estimate of drug-likeness (QED) is 0.870. The average Bonchev–Trinajstić information content (AvgIpc) is 2.54. The van der Waals surface area contributed by atoms with Gasteiger partial charge in [0.2, 0.25) is 0 Å². The predicted octanol–water partition coefficient (Wildman–Crippen LogP) is 1.95. The molecular formula is C16H25N3O2. The summed E-state index contributed by atoms with van der Waals surface area (Å²) in [6.45, 7) is 5.24. The molecule has 5 nitrogen and oxygen atoms in total. The summed E-state index contributed by atoms with van der Waals surface area (Å²) in [5, 5.41) is 6.19. The second-order valence-corrected chi connectivity index (χ2v) is 5.37. The van der Waals surface area contributed by atoms with Gasteiger partial charge < -0.3 is 20.3 Å². The summed E-state index contributed by atoms with van der Waals surface area (Å²) in [5.74, 6) is 0.543. The highest BCUT2D eigenvalue weighted by atomic mass is 16.5. The van der Waals surface area contributed by atoms with Gasteiger partial charge in [-0.3, -0.25) is 4.79 Å². The topological polar surface area (TPSA) is 53.6 Å². The number of amides is 1. The number of likely N-dealkylation sites (N-methyl/N-ethyl adjacent to an activating group) is 1. The van der Waals surface area contributed by atoms with E-state index in [0.717, 1.165) is 38.2 Å². The number of piperidine rings is 1. The lowest BCUT2D eigenvalue weighted by Crippen LogP contribution is -2.47. The standard InChI is InChI=1S/C16H25N3O2/c1-4-19-9-5-6-13(11-19)18-16(20)14-10-12(17-2)7-8-15(14)21-3/h7-8,10,13,17H,4-6,9,11H2,1-3H3,(H,18,20)/t13-/m0/s1. The molecule has 1 heterocycles. The first kappa shape index (κ1) is 15.6. The van der Waals surface area contributed by atoms with Crippen molar-refractivity contribution in [2.75, 3.05) is 39.1 Å². The lowest BCUT2D eigenvalue weighted by Gasteiger charge is -2.32. The van der Waals surface area contributed by atoms with Crippen LogP contribution in [0.5, 0.6) is 5.75 Å². The van der Waals surface area contributed by atoms with Crippen molar-refractivity contribution in [2.24, 2.45) is 0 Å². The SMILES string of the molecule is CCN1CCC[C@H](NC(=O)c2cc(NC)ccc2OC)C1. The van der Waals surface area contributed by atoms with Crippen molar-refractivity contribution >= 4 is 11.6 Å². The summed E-state index contributed by atoms with van der Waals surface area (Å²) in [6, 6.07) is 5.76. The number of ether oxygens (including phenoxy) is 1. The number of nitrogens with zero attached hydrogens (tertiary/aromatic N) is 1. The lowest BCUT2D eigenvalue weighted by atomic mass is 10.0. The largest absolute Gasteiger partial charge is 0.496 e. The first-order valence-corrected chi connectivity index (χ1v) is 7.57. The fraction of sp³-hybridized carbons (Fsp3) is 0.562. The summed E-state index contributed by atoms with van der Waals surface area (Å²) in [7, 11) is 3.42. The van der Waals surface area contributed by atoms with Crippen LogP contribution in [0, 0.1) is 0 Å². The molecule has 1 aromatic carbocycles. The minimum atomic E-state index is -0.0631. The van der Waals surface area contributed by atoms with Crippen molar-refractivity contribution in [2.45, 2.75) is 25.8 Å². The number of likely N-dealkylation sites (tertiary alicyclic amines) is 1. The van der Waals surface area contributed by atoms with Crippen LogP contribution >= 0.6 is 0 Å². The normalized spacial score (nSPS) is 19.1. The van der Waals surface area contributed by atoms with Crippen LogP contribution < -0.4 is 15.4 Å². The Kier molecular flexibility index (Phi) is 5.44. The molecule has 116 valence electrons. The zero-order valence-corrected chi connectivity index (χ0v) is 13.1. The minimum Gasteiger partial charge on any atom is -0.496 e. The van der Waals surface area contributed by atoms with Crippen LogP contribution in [0.4, 0.5) is 5.69 Å². The molecule has 0 bridgehead atoms. The van der Waals surface area contributed by atoms with E-state index >= 15 is 0 Å². The van der Waals surface area contributed by atoms with Crippen LogP contribution in [-0.2, 0) is 0 Å². The number of rotatable bonds is 5. The smallest absolute Gasteiger partial charge is 0.255 e. The van der Waals surface area contributed by atoms with E-state index in [2.05, 4.69) is 22.5 Å². The van der Waals surface area contributed by atoms with Crippen molar-refractivity contribution in [3.8, 4) is 5.75 Å². The van der Waals surface area contributed by atoms with Gasteiger partial charge in [0.25, 0.3) is 5.91 Å². The Bertz CT molecular complexity index is 490. The number of methoxy groups -OCH3 is 1. The Morgan fingerprint density at radius 1 is 1.48 bits per heavy atom. The Labute approximate surface area is 126 Å². The average molecular weight is 291 g/mol. The summed E-state index contributed by atoms with van der Waals surface area (Å²) >= 11 is 0. The second-order valence-electron chi connectivity index (χ2n) is 5.37. The maximum Gasteiger partial charge on any atom is 0.255 e. The van der Waals surface area contributed by atoms with Gasteiger partial charge in [-0.15, -0.1) is 0 Å². The molecule has 0 spiro atoms. The van der Waals surface area contributed by atoms with Gasteiger partial charge in [-0.2, -0.15) is 0 Å². The van der Waals surface area contributed by atoms with Gasteiger partial charge in [-0.1, -0.05) is 6.92 Å². The van der Waals surface area contributed by atoms with E-state index < -0.39 is 0 Å². The third-order valence-corrected chi connectivity index (χ3v) is 4.02. The van der Waals surface area contributed by atoms with E-state index in [4.69, 9.17) is 4.74 Å². The van der Waals surface area contributed by atoms with Gasteiger partial charge in [-0.05, 0) is 44.1 Å². The monoisotopic (exact) mass is 291 g/mol. The molecular weight excluding hydrogens is 266 g/mol. The summed E-state index contributed by atoms with van der Waals surface area (Å²) in [4.78, 5) is 14.9. The zero-order chi connectivity index (χ0) is 15.2. The van der Waals surface area contributed by atoms with Gasteiger partial charge in [0.15, 0.2) is 0 Å². The van der Waals surface area contributed by atoms with Gasteiger partial charge >= 0.3 is 0 Å². The first-order valence-electron chi connectivity index (χ1n) is 7.57. The number of nitrogens with one attached hydrogen (secondary N) is 2. The van der Waals surface area contributed by atoms with Crippen LogP contribution in [0.25, 0.3) is 0 Å². The van der Waals surface area contributed by atoms with Gasteiger partial charge in [0.1, 0.15) is 5.75 Å². The summed E-state index contributed by atoms with van der Waals surface area (Å²) < 4.78 is 5.30. The highest BCUT2D eigenvalue weighted by molar-refractivity contribution is 5.98. The van der Waals surface area contributed by atoms with E-state index in [9.17, 15) is 4.79 Å². The highest BCUT2D eigenvalue weighted by Gasteiger charge is 2.22. The van der Waals surface area contributed by atoms with Crippen molar-refractivity contribution in [3.63, 3.8) is 0 Å². The number of carbonyl (C=O) groups excluding carboxylic acids is 1. The molecule has 1 aliphatic rings. The van der Waals surface area contributed by atoms with Gasteiger partial charge in [0, 0.05) is 25.3 Å². The molecule has 1 saturated heterocycles. The Morgan fingerprint density at radius 2 is 2.29 bits per heavy atom. The third kappa shape index (κ3) is 3.88. The van der Waals surface area contributed by atoms with E-state index in [1.807, 2.05) is 25.2 Å². The number of hydrogen-bond donors (Lipinski definition) is 2. The fourth-order valence-corrected chi connectivity index (χ4v) is 2.76. The zero-order valence-electron chi connectivity index (χ0n) is 13.1. The first-order chi connectivity index (χ1) is 10.2. The van der Waals surface area contributed by atoms with E-state index in [-0.39, 0.29) is 11.9 Å². The molecule has 1 aromatic rings. The highest BCUT2D eigenvalue weighted by Crippen LogP contribution is 2.23. The van der Waals surface area contributed by atoms with Crippen molar-refractivity contribution in [3.05, 3.63) is 23.8 Å². The van der Waals surface area contributed by atoms with Crippen molar-refractivity contribution in [1.29, 1.82) is 0 Å². The van der Waals surface area contributed by atoms with Crippen LogP contribution in [0.15, 0.2) is 18.2 Å². The summed E-state index contributed by atoms with van der Waals surface area (Å²) in [6.07, 6.45) is 2.17. The van der Waals surface area contributed by atoms with Crippen molar-refractivity contribution in [1.82, 2.24) is 10.2 Å². The molecule has 0 aliphatic carbocycles. The Morgan fingerprint density at radius 3 is 2.95 bits per heavy atom. The molecule has 0 radical (unpaired) electrons. The molecule has 2 N–H and O–H groups in total. The van der Waals surface area contributed by atoms with E-state index in [1.54, 1.807) is 7.11 Å². The fourth-order valence-electron chi connectivity index (χ4n) is 2.76. The lowest BCUT2D eigenvalue weighted by molar-refractivity contribution is 0.0903. The maximum absolute atomic E-state index is 12.5. The third-order valence-electron chi connectivity index (χ3n) is 4.02. The molecule has 1 aliphatic heterocycles. The predicted molar refractivity (Wildman–Crippen MR) is 85.1 cm³/mol. The minimum absolute atomic E-state index is 0.0631. The molecule has 1 amide bonds. The Balaban J connectivity index is 2.08. The van der Waals surface area contributed by atoms with E-state index in [0.29, 0.717) is 11.3 Å². The second kappa shape index (κ2) is 7.31. The number of carbonyl (C=O) groups is 1. The number of anilines is 1. The van der Waals surface area contributed by atoms with E-state index in [1.165, 1.54) is 0 Å². The molecule has 21 heavy (non-hydrogen) atoms. The summed E-state index contributed by atoms with van der Waals surface area (Å²) in [5.41, 5.74) is 1.48. The van der Waals surface area contributed by atoms with Crippen LogP contribution in [0.3, 0.4) is 0 Å². The van der Waals surface area contributed by atoms with Crippen LogP contribution in [0.1, 0.15) is 30.1 Å². The molecule has 1 fully saturated rings. The molecule has 0 unspecified atom stereocenters. The Hall–Kier alpha value is -1.75. The molecule has 0 aromatic heterocycles. The maximum atomic E-state index is 12.5. The van der Waals surface area contributed by atoms with Crippen LogP contribution in [0.2, 0.25) is 0 Å². The number of hydrogen-bond acceptors (Lipinski definition) is 4. The molecule has 2 rings (SSSR count). The van der Waals surface area contributed by atoms with Crippen LogP contribution in [-0.4, -0.2) is 50.6 Å². The van der Waals surface area contributed by atoms with Gasteiger partial charge in [-0.25, -0.2) is 0 Å². The molecule has 5 heteroatoms. The van der Waals surface area contributed by atoms with Gasteiger partial charge in [0.05, 0.1) is 12.7 Å².